The van der Waals surface area contributed by atoms with Crippen molar-refractivity contribution in [3.8, 4) is 0 Å². The van der Waals surface area contributed by atoms with Crippen molar-refractivity contribution in [3.63, 3.8) is 0 Å². The lowest BCUT2D eigenvalue weighted by Crippen LogP contribution is -2.24. The highest BCUT2D eigenvalue weighted by atomic mass is 16.5. The molecule has 1 N–H and O–H groups in total. The second-order valence-electron chi connectivity index (χ2n) is 4.47. The van der Waals surface area contributed by atoms with E-state index in [1.54, 1.807) is 0 Å². The van der Waals surface area contributed by atoms with E-state index < -0.39 is 0 Å². The Balaban J connectivity index is 2.54. The molecule has 0 aliphatic rings. The highest BCUT2D eigenvalue weighted by Crippen LogP contribution is 2.19. The Kier molecular flexibility index (Phi) is 6.90. The molecule has 0 saturated carbocycles. The molecule has 18 heavy (non-hydrogen) atoms. The summed E-state index contributed by atoms with van der Waals surface area (Å²) in [6, 6.07) is 0.457. The molecule has 0 amide bonds. The molecule has 1 heterocycles. The van der Waals surface area contributed by atoms with E-state index in [0.29, 0.717) is 30.9 Å². The summed E-state index contributed by atoms with van der Waals surface area (Å²) < 4.78 is 10.9. The SMILES string of the molecule is CCCC(OCC)c1noc(CNC(C)CC)n1. The highest BCUT2D eigenvalue weighted by Gasteiger charge is 2.17. The van der Waals surface area contributed by atoms with Gasteiger partial charge >= 0.3 is 0 Å². The Morgan fingerprint density at radius 1 is 1.33 bits per heavy atom. The molecule has 0 bridgehead atoms. The van der Waals surface area contributed by atoms with Crippen molar-refractivity contribution in [2.24, 2.45) is 0 Å². The average Bonchev–Trinajstić information content (AvgIpc) is 2.84. The van der Waals surface area contributed by atoms with Gasteiger partial charge < -0.3 is 14.6 Å². The molecule has 0 saturated heterocycles. The fourth-order valence-electron chi connectivity index (χ4n) is 1.63. The predicted octanol–water partition coefficient (Wildman–Crippen LogP) is 2.84. The van der Waals surface area contributed by atoms with Gasteiger partial charge in [-0.2, -0.15) is 4.98 Å². The molecule has 0 aromatic carbocycles. The van der Waals surface area contributed by atoms with Gasteiger partial charge in [-0.05, 0) is 26.7 Å². The molecule has 0 aliphatic heterocycles. The van der Waals surface area contributed by atoms with Gasteiger partial charge in [-0.15, -0.1) is 0 Å². The fourth-order valence-corrected chi connectivity index (χ4v) is 1.63. The van der Waals surface area contributed by atoms with Crippen molar-refractivity contribution in [2.75, 3.05) is 6.61 Å². The summed E-state index contributed by atoms with van der Waals surface area (Å²) in [6.07, 6.45) is 3.00. The van der Waals surface area contributed by atoms with Gasteiger partial charge in [-0.3, -0.25) is 0 Å². The van der Waals surface area contributed by atoms with Crippen LogP contribution in [0.1, 0.15) is 64.8 Å². The van der Waals surface area contributed by atoms with Gasteiger partial charge in [-0.1, -0.05) is 25.4 Å². The maximum absolute atomic E-state index is 5.62. The van der Waals surface area contributed by atoms with E-state index in [2.05, 4.69) is 36.2 Å². The molecule has 0 fully saturated rings. The third-order valence-electron chi connectivity index (χ3n) is 2.90. The van der Waals surface area contributed by atoms with Crippen LogP contribution in [0.25, 0.3) is 0 Å². The van der Waals surface area contributed by atoms with Crippen LogP contribution in [0, 0.1) is 0 Å². The molecule has 2 atom stereocenters. The molecule has 1 aromatic heterocycles. The largest absolute Gasteiger partial charge is 0.370 e. The predicted molar refractivity (Wildman–Crippen MR) is 70.2 cm³/mol. The molecular weight excluding hydrogens is 230 g/mol. The van der Waals surface area contributed by atoms with E-state index in [1.807, 2.05) is 6.92 Å². The maximum atomic E-state index is 5.62. The molecular formula is C13H25N3O2. The quantitative estimate of drug-likeness (QED) is 0.735. The van der Waals surface area contributed by atoms with E-state index in [1.165, 1.54) is 0 Å². The van der Waals surface area contributed by atoms with Crippen molar-refractivity contribution in [2.45, 2.75) is 65.6 Å². The molecule has 0 spiro atoms. The second kappa shape index (κ2) is 8.21. The lowest BCUT2D eigenvalue weighted by atomic mass is 10.2. The molecule has 1 rings (SSSR count). The van der Waals surface area contributed by atoms with Crippen molar-refractivity contribution in [1.29, 1.82) is 0 Å². The zero-order valence-corrected chi connectivity index (χ0v) is 11.9. The number of nitrogens with zero attached hydrogens (tertiary/aromatic N) is 2. The number of ether oxygens (including phenoxy) is 1. The zero-order valence-electron chi connectivity index (χ0n) is 11.9. The van der Waals surface area contributed by atoms with Crippen molar-refractivity contribution < 1.29 is 9.26 Å². The smallest absolute Gasteiger partial charge is 0.240 e. The van der Waals surface area contributed by atoms with E-state index >= 15 is 0 Å². The minimum Gasteiger partial charge on any atom is -0.370 e. The number of nitrogens with one attached hydrogen (secondary N) is 1. The van der Waals surface area contributed by atoms with Gasteiger partial charge in [0.1, 0.15) is 6.10 Å². The second-order valence-corrected chi connectivity index (χ2v) is 4.47. The fraction of sp³-hybridized carbons (Fsp3) is 0.846. The van der Waals surface area contributed by atoms with Gasteiger partial charge in [0.05, 0.1) is 6.54 Å². The van der Waals surface area contributed by atoms with Gasteiger partial charge in [0.15, 0.2) is 0 Å². The Morgan fingerprint density at radius 3 is 2.72 bits per heavy atom. The van der Waals surface area contributed by atoms with Crippen molar-refractivity contribution in [3.05, 3.63) is 11.7 Å². The zero-order chi connectivity index (χ0) is 13.4. The van der Waals surface area contributed by atoms with E-state index in [9.17, 15) is 0 Å². The summed E-state index contributed by atoms with van der Waals surface area (Å²) in [7, 11) is 0. The number of hydrogen-bond acceptors (Lipinski definition) is 5. The van der Waals surface area contributed by atoms with E-state index in [4.69, 9.17) is 9.26 Å². The first-order chi connectivity index (χ1) is 8.71. The van der Waals surface area contributed by atoms with E-state index in [0.717, 1.165) is 19.3 Å². The first kappa shape index (κ1) is 15.1. The topological polar surface area (TPSA) is 60.2 Å². The monoisotopic (exact) mass is 255 g/mol. The highest BCUT2D eigenvalue weighted by molar-refractivity contribution is 4.91. The molecule has 0 aliphatic carbocycles. The van der Waals surface area contributed by atoms with Crippen LogP contribution in [0.4, 0.5) is 0 Å². The summed E-state index contributed by atoms with van der Waals surface area (Å²) in [4.78, 5) is 4.39. The van der Waals surface area contributed by atoms with Gasteiger partial charge in [0, 0.05) is 12.6 Å². The van der Waals surface area contributed by atoms with Crippen LogP contribution in [-0.2, 0) is 11.3 Å². The van der Waals surface area contributed by atoms with Crippen molar-refractivity contribution in [1.82, 2.24) is 15.5 Å². The Morgan fingerprint density at radius 2 is 2.11 bits per heavy atom. The Bertz CT molecular complexity index is 322. The maximum Gasteiger partial charge on any atom is 0.240 e. The summed E-state index contributed by atoms with van der Waals surface area (Å²) >= 11 is 0. The van der Waals surface area contributed by atoms with Crippen LogP contribution in [0.5, 0.6) is 0 Å². The summed E-state index contributed by atoms with van der Waals surface area (Å²) in [5.41, 5.74) is 0. The third kappa shape index (κ3) is 4.74. The lowest BCUT2D eigenvalue weighted by molar-refractivity contribution is 0.0477. The van der Waals surface area contributed by atoms with Crippen LogP contribution in [0.2, 0.25) is 0 Å². The number of rotatable bonds is 9. The van der Waals surface area contributed by atoms with Gasteiger partial charge in [0.2, 0.25) is 11.7 Å². The first-order valence-electron chi connectivity index (χ1n) is 6.88. The molecule has 5 heteroatoms. The molecule has 5 nitrogen and oxygen atoms in total. The Hall–Kier alpha value is -0.940. The molecule has 104 valence electrons. The van der Waals surface area contributed by atoms with E-state index in [-0.39, 0.29) is 6.10 Å². The van der Waals surface area contributed by atoms with Crippen LogP contribution < -0.4 is 5.32 Å². The standard InChI is InChI=1S/C13H25N3O2/c1-5-8-11(17-7-3)13-15-12(18-16-13)9-14-10(4)6-2/h10-11,14H,5-9H2,1-4H3. The van der Waals surface area contributed by atoms with Crippen LogP contribution in [-0.4, -0.2) is 22.8 Å². The van der Waals surface area contributed by atoms with Gasteiger partial charge in [0.25, 0.3) is 0 Å². The van der Waals surface area contributed by atoms with Crippen molar-refractivity contribution >= 4 is 0 Å². The summed E-state index contributed by atoms with van der Waals surface area (Å²) in [6.45, 7) is 9.67. The normalized spacial score (nSPS) is 14.7. The molecule has 2 unspecified atom stereocenters. The Labute approximate surface area is 109 Å². The minimum absolute atomic E-state index is 0.0406. The van der Waals surface area contributed by atoms with Crippen LogP contribution in [0.15, 0.2) is 4.52 Å². The molecule has 0 radical (unpaired) electrons. The minimum atomic E-state index is -0.0406. The average molecular weight is 255 g/mol. The summed E-state index contributed by atoms with van der Waals surface area (Å²) in [5, 5.41) is 7.33. The first-order valence-corrected chi connectivity index (χ1v) is 6.88. The van der Waals surface area contributed by atoms with Gasteiger partial charge in [-0.25, -0.2) is 0 Å². The molecule has 1 aromatic rings. The number of hydrogen-bond donors (Lipinski definition) is 1. The van der Waals surface area contributed by atoms with Crippen LogP contribution in [0.3, 0.4) is 0 Å². The lowest BCUT2D eigenvalue weighted by Gasteiger charge is -2.11. The third-order valence-corrected chi connectivity index (χ3v) is 2.90. The van der Waals surface area contributed by atoms with Crippen LogP contribution >= 0.6 is 0 Å². The number of aromatic nitrogens is 2. The summed E-state index contributed by atoms with van der Waals surface area (Å²) in [5.74, 6) is 1.30.